The van der Waals surface area contributed by atoms with Crippen molar-refractivity contribution in [3.05, 3.63) is 59.1 Å². The number of nitrogens with zero attached hydrogens (tertiary/aromatic N) is 3. The quantitative estimate of drug-likeness (QED) is 0.116. The molecule has 0 saturated carbocycles. The third kappa shape index (κ3) is 6.42. The highest BCUT2D eigenvalue weighted by Gasteiger charge is 2.61. The van der Waals surface area contributed by atoms with Crippen LogP contribution in [0.15, 0.2) is 53.6 Å². The molecule has 2 aromatic heterocycles. The van der Waals surface area contributed by atoms with Crippen LogP contribution in [-0.4, -0.2) is 78.7 Å². The minimum atomic E-state index is -3.93. The van der Waals surface area contributed by atoms with Crippen LogP contribution in [0.2, 0.25) is 0 Å². The van der Waals surface area contributed by atoms with E-state index in [1.165, 1.54) is 6.92 Å². The van der Waals surface area contributed by atoms with Crippen molar-refractivity contribution in [2.75, 3.05) is 12.3 Å². The number of aliphatic hydroxyl groups excluding tert-OH is 2. The summed E-state index contributed by atoms with van der Waals surface area (Å²) in [5.41, 5.74) is 1.68. The van der Waals surface area contributed by atoms with Gasteiger partial charge >= 0.3 is 12.6 Å². The maximum absolute atomic E-state index is 14.9. The lowest BCUT2D eigenvalue weighted by molar-refractivity contribution is -0.191. The van der Waals surface area contributed by atoms with Gasteiger partial charge in [-0.1, -0.05) is 36.4 Å². The van der Waals surface area contributed by atoms with Crippen LogP contribution in [0.3, 0.4) is 0 Å². The number of hydrogen-bond acceptors (Lipinski definition) is 12. The molecule has 0 amide bonds. The molecule has 0 aliphatic carbocycles. The first-order valence-corrected chi connectivity index (χ1v) is 16.3. The number of halogens is 2. The molecule has 1 aliphatic rings. The number of rotatable bonds is 11. The van der Waals surface area contributed by atoms with Gasteiger partial charge in [0, 0.05) is 5.39 Å². The maximum atomic E-state index is 14.9. The van der Waals surface area contributed by atoms with E-state index in [2.05, 4.69) is 20.0 Å². The number of carbonyl (C=O) groups is 1. The number of nitrogen functional groups attached to an aromatic ring is 1. The topological polar surface area (TPSA) is 196 Å². The van der Waals surface area contributed by atoms with Crippen molar-refractivity contribution in [2.24, 2.45) is 0 Å². The van der Waals surface area contributed by atoms with Gasteiger partial charge in [0.1, 0.15) is 24.0 Å². The first kappa shape index (κ1) is 32.8. The highest BCUT2D eigenvalue weighted by Crippen LogP contribution is 2.50. The van der Waals surface area contributed by atoms with Gasteiger partial charge in [-0.15, -0.1) is 0 Å². The summed E-state index contributed by atoms with van der Waals surface area (Å²) < 4.78 is 53.6. The Morgan fingerprint density at radius 3 is 2.67 bits per heavy atom. The Labute approximate surface area is 259 Å². The van der Waals surface area contributed by atoms with Gasteiger partial charge in [-0.2, -0.15) is 4.98 Å². The molecule has 5 rings (SSSR count). The van der Waals surface area contributed by atoms with Gasteiger partial charge in [-0.3, -0.25) is 19.1 Å². The molecule has 6 atom stereocenters. The van der Waals surface area contributed by atoms with E-state index >= 15 is 0 Å². The number of nitrogens with two attached hydrogens (primary N) is 1. The molecule has 0 spiro atoms. The smallest absolute Gasteiger partial charge is 0.323 e. The van der Waals surface area contributed by atoms with Crippen molar-refractivity contribution in [3.8, 4) is 5.75 Å². The molecule has 1 aliphatic heterocycles. The third-order valence-corrected chi connectivity index (χ3v) is 9.50. The number of aromatic amines is 1. The van der Waals surface area contributed by atoms with Gasteiger partial charge in [0.25, 0.3) is 12.0 Å². The molecule has 3 heterocycles. The largest absolute Gasteiger partial charge is 0.462 e. The van der Waals surface area contributed by atoms with E-state index in [0.29, 0.717) is 5.39 Å². The molecule has 0 bridgehead atoms. The molecule has 45 heavy (non-hydrogen) atoms. The molecule has 14 nitrogen and oxygen atoms in total. The molecule has 0 radical (unpaired) electrons. The number of alkyl halides is 2. The van der Waals surface area contributed by atoms with Crippen molar-refractivity contribution >= 4 is 52.3 Å². The zero-order chi connectivity index (χ0) is 32.7. The summed E-state index contributed by atoms with van der Waals surface area (Å²) in [6, 6.07) is 11.2. The van der Waals surface area contributed by atoms with E-state index in [-0.39, 0.29) is 22.9 Å². The van der Waals surface area contributed by atoms with Gasteiger partial charge in [0.15, 0.2) is 23.0 Å². The Balaban J connectivity index is 1.48. The Morgan fingerprint density at radius 2 is 1.96 bits per heavy atom. The zero-order valence-electron chi connectivity index (χ0n) is 24.2. The lowest BCUT2D eigenvalue weighted by Gasteiger charge is -2.34. The lowest BCUT2D eigenvalue weighted by Crippen LogP contribution is -2.53. The SMILES string of the molecule is CC(C)OC(=O)[C@H](C)NP(=S)(OC[C@@]1(C(F)F)O[C@@H](n2cnc3c(=O)[nH]c(N)nc32)[C@H](O)[C@H]1O)Oc1cccc2ccccc12. The average molecular weight is 669 g/mol. The van der Waals surface area contributed by atoms with Crippen molar-refractivity contribution in [2.45, 2.75) is 63.4 Å². The van der Waals surface area contributed by atoms with E-state index in [4.69, 9.17) is 36.1 Å². The number of imidazole rings is 1. The molecule has 1 fully saturated rings. The predicted molar refractivity (Wildman–Crippen MR) is 162 cm³/mol. The van der Waals surface area contributed by atoms with Gasteiger partial charge in [0.2, 0.25) is 5.95 Å². The summed E-state index contributed by atoms with van der Waals surface area (Å²) in [6.07, 6.45) is -8.75. The Morgan fingerprint density at radius 1 is 1.24 bits per heavy atom. The van der Waals surface area contributed by atoms with E-state index in [0.717, 1.165) is 16.3 Å². The highest BCUT2D eigenvalue weighted by molar-refractivity contribution is 8.09. The Bertz CT molecular complexity index is 1820. The van der Waals surface area contributed by atoms with Crippen LogP contribution in [0.25, 0.3) is 21.9 Å². The zero-order valence-corrected chi connectivity index (χ0v) is 25.9. The number of anilines is 1. The monoisotopic (exact) mass is 668 g/mol. The first-order chi connectivity index (χ1) is 21.2. The minimum Gasteiger partial charge on any atom is -0.462 e. The van der Waals surface area contributed by atoms with E-state index in [1.54, 1.807) is 38.1 Å². The average Bonchev–Trinajstić information content (AvgIpc) is 3.51. The number of fused-ring (bicyclic) bond motifs is 2. The van der Waals surface area contributed by atoms with E-state index in [1.807, 2.05) is 18.2 Å². The molecule has 1 saturated heterocycles. The number of esters is 1. The standard InChI is InChI=1S/C27H31F2N6O8PS/c1-13(2)41-24(39)14(3)34-44(45,43-17-10-6-8-15-7-4-5-9-16(15)17)40-11-27(25(28)29)20(37)19(36)23(42-27)35-12-31-18-21(35)32-26(30)33-22(18)38/h4-10,12-14,19-20,23,25,36-37H,11H2,1-3H3,(H,34,45)(H3,30,32,33,38)/t14-,19+,20+,23+,27+,44?/m0/s1. The van der Waals surface area contributed by atoms with Crippen molar-refractivity contribution in [3.63, 3.8) is 0 Å². The second-order valence-electron chi connectivity index (χ2n) is 10.7. The molecular formula is C27H31F2N6O8PS. The number of hydrogen-bond donors (Lipinski definition) is 5. The maximum Gasteiger partial charge on any atom is 0.323 e. The summed E-state index contributed by atoms with van der Waals surface area (Å²) in [4.78, 5) is 35.0. The van der Waals surface area contributed by atoms with Gasteiger partial charge < -0.3 is 34.5 Å². The minimum absolute atomic E-state index is 0.179. The number of aromatic nitrogens is 4. The fourth-order valence-electron chi connectivity index (χ4n) is 4.83. The molecular weight excluding hydrogens is 637 g/mol. The van der Waals surface area contributed by atoms with Crippen molar-refractivity contribution in [1.82, 2.24) is 24.6 Å². The number of nitrogens with one attached hydrogen (secondary N) is 2. The van der Waals surface area contributed by atoms with Crippen LogP contribution < -0.4 is 20.9 Å². The number of ether oxygens (including phenoxy) is 2. The van der Waals surface area contributed by atoms with Crippen LogP contribution in [0.5, 0.6) is 5.75 Å². The number of aliphatic hydroxyl groups is 2. The Hall–Kier alpha value is -3.57. The fraction of sp³-hybridized carbons (Fsp3) is 0.407. The number of carbonyl (C=O) groups excluding carboxylic acids is 1. The van der Waals surface area contributed by atoms with Crippen LogP contribution >= 0.6 is 6.64 Å². The van der Waals surface area contributed by atoms with Crippen LogP contribution in [0, 0.1) is 0 Å². The summed E-state index contributed by atoms with van der Waals surface area (Å²) in [5, 5.41) is 26.1. The van der Waals surface area contributed by atoms with E-state index < -0.39 is 67.4 Å². The summed E-state index contributed by atoms with van der Waals surface area (Å²) in [6.45, 7) is -0.277. The van der Waals surface area contributed by atoms with Crippen LogP contribution in [0.1, 0.15) is 27.0 Å². The fourth-order valence-corrected chi connectivity index (χ4v) is 7.25. The lowest BCUT2D eigenvalue weighted by atomic mass is 9.96. The highest BCUT2D eigenvalue weighted by atomic mass is 32.5. The Kier molecular flexibility index (Phi) is 9.24. The molecule has 4 aromatic rings. The predicted octanol–water partition coefficient (Wildman–Crippen LogP) is 2.36. The van der Waals surface area contributed by atoms with Gasteiger partial charge in [-0.25, -0.2) is 18.9 Å². The summed E-state index contributed by atoms with van der Waals surface area (Å²) in [5.74, 6) is -0.758. The normalized spacial score (nSPS) is 23.9. The van der Waals surface area contributed by atoms with Crippen LogP contribution in [0.4, 0.5) is 14.7 Å². The third-order valence-electron chi connectivity index (χ3n) is 7.04. The van der Waals surface area contributed by atoms with Crippen LogP contribution in [-0.2, 0) is 30.6 Å². The second-order valence-corrected chi connectivity index (χ2v) is 13.8. The first-order valence-electron chi connectivity index (χ1n) is 13.7. The number of benzene rings is 2. The molecule has 6 N–H and O–H groups in total. The molecule has 2 aromatic carbocycles. The van der Waals surface area contributed by atoms with E-state index in [9.17, 15) is 28.6 Å². The second kappa shape index (κ2) is 12.7. The number of H-pyrrole nitrogens is 1. The molecule has 242 valence electrons. The van der Waals surface area contributed by atoms with Crippen molar-refractivity contribution < 1.29 is 42.3 Å². The van der Waals surface area contributed by atoms with Crippen molar-refractivity contribution in [1.29, 1.82) is 0 Å². The van der Waals surface area contributed by atoms with Gasteiger partial charge in [-0.05, 0) is 44.0 Å². The molecule has 18 heteroatoms. The van der Waals surface area contributed by atoms with Gasteiger partial charge in [0.05, 0.1) is 19.0 Å². The summed E-state index contributed by atoms with van der Waals surface area (Å²) in [7, 11) is 0. The summed E-state index contributed by atoms with van der Waals surface area (Å²) >= 11 is 5.72. The molecule has 1 unspecified atom stereocenters.